The van der Waals surface area contributed by atoms with Crippen molar-refractivity contribution in [3.63, 3.8) is 0 Å². The number of likely N-dealkylation sites (N-methyl/N-ethyl adjacent to an activating group) is 1. The average Bonchev–Trinajstić information content (AvgIpc) is 3.42. The van der Waals surface area contributed by atoms with Crippen LogP contribution in [0.1, 0.15) is 335 Å². The number of quaternary nitrogens is 1. The van der Waals surface area contributed by atoms with Gasteiger partial charge in [-0.25, -0.2) is 0 Å². The monoisotopic (exact) mass is 1140 g/mol. The third-order valence-electron chi connectivity index (χ3n) is 15.5. The van der Waals surface area contributed by atoms with Gasteiger partial charge in [0, 0.05) is 12.8 Å². The highest BCUT2D eigenvalue weighted by atomic mass is 31.2. The number of phosphoric ester groups is 1. The van der Waals surface area contributed by atoms with Gasteiger partial charge >= 0.3 is 5.97 Å². The summed E-state index contributed by atoms with van der Waals surface area (Å²) in [5.74, 6) is -0.558. The number of allylic oxidation sites excluding steroid dienone is 7. The zero-order valence-corrected chi connectivity index (χ0v) is 54.7. The molecule has 3 atom stereocenters. The van der Waals surface area contributed by atoms with Crippen LogP contribution in [0.25, 0.3) is 0 Å². The lowest BCUT2D eigenvalue weighted by molar-refractivity contribution is -0.870. The Labute approximate surface area is 497 Å². The molecule has 0 fully saturated rings. The molecule has 1 amide bonds. The fraction of sp³-hybridized carbons (Fsp3) is 0.857. The number of hydrogen-bond acceptors (Lipinski definition) is 7. The van der Waals surface area contributed by atoms with E-state index >= 15 is 0 Å². The lowest BCUT2D eigenvalue weighted by Gasteiger charge is -2.30. The highest BCUT2D eigenvalue weighted by Crippen LogP contribution is 2.38. The molecule has 3 unspecified atom stereocenters. The Kier molecular flexibility index (Phi) is 58.6. The molecule has 0 bridgehead atoms. The molecule has 0 saturated carbocycles. The summed E-state index contributed by atoms with van der Waals surface area (Å²) in [5, 5.41) is 3.02. The van der Waals surface area contributed by atoms with Gasteiger partial charge in [0.2, 0.25) is 5.91 Å². The van der Waals surface area contributed by atoms with Gasteiger partial charge in [0.05, 0.1) is 33.8 Å². The van der Waals surface area contributed by atoms with Crippen LogP contribution in [0.15, 0.2) is 48.6 Å². The van der Waals surface area contributed by atoms with Crippen LogP contribution in [-0.4, -0.2) is 69.4 Å². The lowest BCUT2D eigenvalue weighted by atomic mass is 10.0. The lowest BCUT2D eigenvalue weighted by Crippen LogP contribution is -2.47. The maximum Gasteiger partial charge on any atom is 0.306 e. The normalized spacial score (nSPS) is 13.8. The molecule has 0 aliphatic heterocycles. The molecule has 0 aromatic rings. The van der Waals surface area contributed by atoms with E-state index in [2.05, 4.69) is 62.5 Å². The fourth-order valence-electron chi connectivity index (χ4n) is 10.2. The molecule has 0 aliphatic rings. The first-order valence-corrected chi connectivity index (χ1v) is 35.9. The molecule has 0 rings (SSSR count). The van der Waals surface area contributed by atoms with E-state index < -0.39 is 26.6 Å². The summed E-state index contributed by atoms with van der Waals surface area (Å²) in [6, 6.07) is -0.901. The molecule has 9 nitrogen and oxygen atoms in total. The average molecular weight is 1150 g/mol. The summed E-state index contributed by atoms with van der Waals surface area (Å²) >= 11 is 0. The molecule has 0 heterocycles. The number of carbonyl (C=O) groups excluding carboxylic acids is 2. The number of nitrogens with zero attached hydrogens (tertiary/aromatic N) is 1. The number of ether oxygens (including phenoxy) is 1. The minimum atomic E-state index is -4.71. The number of hydrogen-bond donors (Lipinski definition) is 1. The smallest absolute Gasteiger partial charge is 0.306 e. The van der Waals surface area contributed by atoms with Crippen molar-refractivity contribution in [2.24, 2.45) is 0 Å². The third-order valence-corrected chi connectivity index (χ3v) is 16.5. The minimum Gasteiger partial charge on any atom is -0.756 e. The Morgan fingerprint density at radius 1 is 0.438 bits per heavy atom. The summed E-state index contributed by atoms with van der Waals surface area (Å²) in [6.45, 7) is 6.86. The van der Waals surface area contributed by atoms with E-state index in [0.717, 1.165) is 64.2 Å². The predicted octanol–water partition coefficient (Wildman–Crippen LogP) is 21.0. The Balaban J connectivity index is 5.11. The SMILES string of the molecule is CCCCCCCC/C=C/CCCCCCCCCCCCCCCCCC(=O)OC(/C=C\CCCCCCCCCCCCC)C(COP(=O)([O-])OCC[N+](C)(C)C)NC(=O)CCCCC/C=C/C=C/CCCCCCCCC. The number of nitrogens with one attached hydrogen (secondary N) is 1. The summed E-state index contributed by atoms with van der Waals surface area (Å²) in [5.41, 5.74) is 0. The van der Waals surface area contributed by atoms with Gasteiger partial charge in [-0.05, 0) is 83.1 Å². The molecule has 10 heteroatoms. The van der Waals surface area contributed by atoms with Crippen molar-refractivity contribution in [2.45, 2.75) is 348 Å². The number of amides is 1. The first-order chi connectivity index (χ1) is 38.9. The van der Waals surface area contributed by atoms with Gasteiger partial charge in [-0.2, -0.15) is 0 Å². The Morgan fingerprint density at radius 2 is 0.762 bits per heavy atom. The van der Waals surface area contributed by atoms with E-state index in [1.807, 2.05) is 33.3 Å². The van der Waals surface area contributed by atoms with Crippen molar-refractivity contribution in [3.8, 4) is 0 Å². The van der Waals surface area contributed by atoms with Crippen LogP contribution in [0, 0.1) is 0 Å². The number of phosphoric acid groups is 1. The third kappa shape index (κ3) is 60.6. The second-order valence-electron chi connectivity index (χ2n) is 24.7. The number of carbonyl (C=O) groups is 2. The minimum absolute atomic E-state index is 0.0262. The van der Waals surface area contributed by atoms with Crippen LogP contribution in [-0.2, 0) is 27.9 Å². The summed E-state index contributed by atoms with van der Waals surface area (Å²) in [7, 11) is 1.18. The van der Waals surface area contributed by atoms with Crippen molar-refractivity contribution in [1.29, 1.82) is 0 Å². The van der Waals surface area contributed by atoms with Gasteiger partial charge in [-0.3, -0.25) is 14.2 Å². The van der Waals surface area contributed by atoms with Crippen LogP contribution in [0.4, 0.5) is 0 Å². The molecular weight excluding hydrogens is 1010 g/mol. The van der Waals surface area contributed by atoms with Crippen LogP contribution < -0.4 is 10.2 Å². The number of esters is 1. The molecular formula is C70H133N2O7P. The quantitative estimate of drug-likeness (QED) is 0.0161. The second kappa shape index (κ2) is 60.1. The van der Waals surface area contributed by atoms with Gasteiger partial charge in [0.25, 0.3) is 7.82 Å². The Morgan fingerprint density at radius 3 is 1.15 bits per heavy atom. The van der Waals surface area contributed by atoms with Crippen molar-refractivity contribution in [2.75, 3.05) is 40.9 Å². The molecule has 0 spiro atoms. The Bertz CT molecular complexity index is 1510. The highest BCUT2D eigenvalue weighted by molar-refractivity contribution is 7.45. The molecule has 0 aromatic heterocycles. The molecule has 0 saturated heterocycles. The van der Waals surface area contributed by atoms with Crippen LogP contribution in [0.5, 0.6) is 0 Å². The maximum atomic E-state index is 13.5. The van der Waals surface area contributed by atoms with E-state index in [0.29, 0.717) is 17.4 Å². The number of rotatable bonds is 63. The molecule has 470 valence electrons. The van der Waals surface area contributed by atoms with Crippen molar-refractivity contribution < 1.29 is 37.3 Å². The zero-order valence-electron chi connectivity index (χ0n) is 53.8. The second-order valence-corrected chi connectivity index (χ2v) is 26.1. The van der Waals surface area contributed by atoms with Gasteiger partial charge in [-0.1, -0.05) is 288 Å². The first kappa shape index (κ1) is 78.0. The zero-order chi connectivity index (χ0) is 58.6. The van der Waals surface area contributed by atoms with Crippen molar-refractivity contribution >= 4 is 19.7 Å². The molecule has 1 N–H and O–H groups in total. The van der Waals surface area contributed by atoms with Gasteiger partial charge in [0.15, 0.2) is 0 Å². The Hall–Kier alpha value is -2.03. The van der Waals surface area contributed by atoms with Crippen LogP contribution in [0.2, 0.25) is 0 Å². The van der Waals surface area contributed by atoms with Crippen molar-refractivity contribution in [3.05, 3.63) is 48.6 Å². The molecule has 0 aromatic carbocycles. The topological polar surface area (TPSA) is 114 Å². The fourth-order valence-corrected chi connectivity index (χ4v) is 10.9. The largest absolute Gasteiger partial charge is 0.756 e. The predicted molar refractivity (Wildman–Crippen MR) is 344 cm³/mol. The molecule has 80 heavy (non-hydrogen) atoms. The van der Waals surface area contributed by atoms with Gasteiger partial charge in [0.1, 0.15) is 19.3 Å². The van der Waals surface area contributed by atoms with E-state index in [-0.39, 0.29) is 31.3 Å². The summed E-state index contributed by atoms with van der Waals surface area (Å²) in [4.78, 5) is 40.1. The van der Waals surface area contributed by atoms with E-state index in [9.17, 15) is 19.0 Å². The van der Waals surface area contributed by atoms with Gasteiger partial charge < -0.3 is 28.5 Å². The highest BCUT2D eigenvalue weighted by Gasteiger charge is 2.27. The van der Waals surface area contributed by atoms with Crippen molar-refractivity contribution in [1.82, 2.24) is 5.32 Å². The molecule has 0 aliphatic carbocycles. The van der Waals surface area contributed by atoms with E-state index in [1.54, 1.807) is 0 Å². The van der Waals surface area contributed by atoms with E-state index in [4.69, 9.17) is 13.8 Å². The van der Waals surface area contributed by atoms with Crippen LogP contribution >= 0.6 is 7.82 Å². The van der Waals surface area contributed by atoms with Gasteiger partial charge in [-0.15, -0.1) is 0 Å². The standard InChI is InChI=1S/C70H133N2O7P/c1-7-10-13-16-19-22-25-28-30-32-33-34-35-36-37-38-39-40-42-45-48-51-54-57-60-63-70(74)79-68(61-58-55-52-49-46-43-27-24-21-18-15-12-9-3)67(66-78-80(75,76)77-65-64-72(4,5)6)71-69(73)62-59-56-53-50-47-44-41-31-29-26-23-20-17-14-11-8-2/h28,30-31,41,44,47,58,61,67-68H,7-27,29,32-40,42-43,45-46,48-57,59-60,62-66H2,1-6H3,(H-,71,73,75,76)/b30-28+,41-31+,47-44+,61-58-. The summed E-state index contributed by atoms with van der Waals surface area (Å²) in [6.07, 6.45) is 75.2. The molecule has 0 radical (unpaired) electrons. The summed E-state index contributed by atoms with van der Waals surface area (Å²) < 4.78 is 30.4. The van der Waals surface area contributed by atoms with E-state index in [1.165, 1.54) is 231 Å². The van der Waals surface area contributed by atoms with Crippen LogP contribution in [0.3, 0.4) is 0 Å². The number of unbranched alkanes of at least 4 members (excludes halogenated alkanes) is 42. The maximum absolute atomic E-state index is 13.5. The first-order valence-electron chi connectivity index (χ1n) is 34.5.